The van der Waals surface area contributed by atoms with Gasteiger partial charge in [0.1, 0.15) is 23.0 Å². The lowest BCUT2D eigenvalue weighted by Crippen LogP contribution is -2.18. The maximum Gasteiger partial charge on any atom is 0.150 e. The van der Waals surface area contributed by atoms with Crippen molar-refractivity contribution in [2.45, 2.75) is 19.3 Å². The summed E-state index contributed by atoms with van der Waals surface area (Å²) < 4.78 is 12.2. The molecule has 0 saturated heterocycles. The van der Waals surface area contributed by atoms with E-state index in [0.29, 0.717) is 0 Å². The first-order chi connectivity index (χ1) is 16.0. The lowest BCUT2D eigenvalue weighted by atomic mass is 9.78. The third-order valence-electron chi connectivity index (χ3n) is 5.92. The van der Waals surface area contributed by atoms with Gasteiger partial charge in [0.25, 0.3) is 0 Å². The number of ether oxygens (including phenoxy) is 2. The van der Waals surface area contributed by atoms with E-state index in [9.17, 15) is 0 Å². The van der Waals surface area contributed by atoms with Crippen molar-refractivity contribution < 1.29 is 9.47 Å². The Morgan fingerprint density at radius 3 is 1.24 bits per heavy atom. The van der Waals surface area contributed by atoms with Gasteiger partial charge in [-0.15, -0.1) is 0 Å². The molecule has 0 aliphatic heterocycles. The van der Waals surface area contributed by atoms with Crippen molar-refractivity contribution in [3.8, 4) is 23.0 Å². The topological polar surface area (TPSA) is 42.5 Å². The molecule has 0 aliphatic rings. The average molecular weight is 439 g/mol. The Hall–Kier alpha value is -3.92. The van der Waals surface area contributed by atoms with Gasteiger partial charge in [0, 0.05) is 19.5 Å². The number of hydrogen-bond acceptors (Lipinski definition) is 4. The summed E-state index contributed by atoms with van der Waals surface area (Å²) in [6, 6.07) is 32.4. The highest BCUT2D eigenvalue weighted by Gasteiger charge is 2.23. The molecule has 0 aliphatic carbocycles. The fraction of sp³-hybridized carbons (Fsp3) is 0.172. The Bertz CT molecular complexity index is 1100. The molecule has 0 amide bonds. The summed E-state index contributed by atoms with van der Waals surface area (Å²) >= 11 is 0. The Labute approximate surface area is 196 Å². The van der Waals surface area contributed by atoms with Gasteiger partial charge in [-0.2, -0.15) is 0 Å². The summed E-state index contributed by atoms with van der Waals surface area (Å²) in [6.07, 6.45) is 0. The first-order valence-electron chi connectivity index (χ1n) is 11.1. The van der Waals surface area contributed by atoms with Crippen molar-refractivity contribution in [3.05, 3.63) is 108 Å². The zero-order valence-electron chi connectivity index (χ0n) is 19.6. The van der Waals surface area contributed by atoms with Gasteiger partial charge in [-0.05, 0) is 59.7 Å². The molecule has 0 fully saturated rings. The second-order valence-corrected chi connectivity index (χ2v) is 8.37. The Balaban J connectivity index is 1.49. The minimum absolute atomic E-state index is 0.164. The van der Waals surface area contributed by atoms with E-state index in [2.05, 4.69) is 48.7 Å². The van der Waals surface area contributed by atoms with Gasteiger partial charge < -0.3 is 20.1 Å². The zero-order chi connectivity index (χ0) is 23.3. The molecule has 168 valence electrons. The minimum atomic E-state index is -0.164. The van der Waals surface area contributed by atoms with E-state index >= 15 is 0 Å². The van der Waals surface area contributed by atoms with Crippen LogP contribution < -0.4 is 20.1 Å². The van der Waals surface area contributed by atoms with Crippen LogP contribution in [-0.4, -0.2) is 14.1 Å². The van der Waals surface area contributed by atoms with Crippen LogP contribution in [0.2, 0.25) is 0 Å². The molecule has 33 heavy (non-hydrogen) atoms. The third-order valence-corrected chi connectivity index (χ3v) is 5.92. The van der Waals surface area contributed by atoms with Gasteiger partial charge >= 0.3 is 0 Å². The summed E-state index contributed by atoms with van der Waals surface area (Å²) in [7, 11) is 3.78. The second-order valence-electron chi connectivity index (χ2n) is 8.37. The standard InChI is InChI=1S/C29H30N2O2/c1-29(2,21-13-17-23(18-14-21)32-27-11-7-5-9-25(27)30-3)22-15-19-24(20-16-22)33-28-12-8-6-10-26(28)31-4/h5-20,30-31H,1-4H3. The van der Waals surface area contributed by atoms with Crippen molar-refractivity contribution in [2.24, 2.45) is 0 Å². The molecule has 0 atom stereocenters. The first-order valence-corrected chi connectivity index (χ1v) is 11.1. The van der Waals surface area contributed by atoms with E-state index in [0.717, 1.165) is 34.4 Å². The number of anilines is 2. The van der Waals surface area contributed by atoms with E-state index < -0.39 is 0 Å². The van der Waals surface area contributed by atoms with Gasteiger partial charge in [0.15, 0.2) is 0 Å². The predicted octanol–water partition coefficient (Wildman–Crippen LogP) is 7.68. The summed E-state index contributed by atoms with van der Waals surface area (Å²) in [6.45, 7) is 4.46. The molecule has 4 aromatic rings. The van der Waals surface area contributed by atoms with Crippen molar-refractivity contribution in [1.82, 2.24) is 0 Å². The van der Waals surface area contributed by atoms with E-state index in [1.165, 1.54) is 11.1 Å². The molecule has 2 N–H and O–H groups in total. The first kappa shape index (κ1) is 22.3. The SMILES string of the molecule is CNc1ccccc1Oc1ccc(C(C)(C)c2ccc(Oc3ccccc3NC)cc2)cc1. The molecule has 0 heterocycles. The number of para-hydroxylation sites is 4. The van der Waals surface area contributed by atoms with Crippen molar-refractivity contribution in [1.29, 1.82) is 0 Å². The largest absolute Gasteiger partial charge is 0.455 e. The molecule has 4 heteroatoms. The summed E-state index contributed by atoms with van der Waals surface area (Å²) in [5.74, 6) is 3.23. The molecule has 0 bridgehead atoms. The highest BCUT2D eigenvalue weighted by molar-refractivity contribution is 5.58. The van der Waals surface area contributed by atoms with Crippen LogP contribution in [-0.2, 0) is 5.41 Å². The van der Waals surface area contributed by atoms with Crippen LogP contribution in [0.1, 0.15) is 25.0 Å². The minimum Gasteiger partial charge on any atom is -0.455 e. The Morgan fingerprint density at radius 1 is 0.515 bits per heavy atom. The van der Waals surface area contributed by atoms with E-state index in [-0.39, 0.29) is 5.41 Å². The molecule has 0 radical (unpaired) electrons. The highest BCUT2D eigenvalue weighted by Crippen LogP contribution is 2.36. The van der Waals surface area contributed by atoms with Gasteiger partial charge in [-0.1, -0.05) is 62.4 Å². The van der Waals surface area contributed by atoms with Gasteiger partial charge in [0.2, 0.25) is 0 Å². The molecular weight excluding hydrogens is 408 g/mol. The Kier molecular flexibility index (Phi) is 6.55. The van der Waals surface area contributed by atoms with Crippen molar-refractivity contribution in [2.75, 3.05) is 24.7 Å². The van der Waals surface area contributed by atoms with Crippen LogP contribution in [0, 0.1) is 0 Å². The van der Waals surface area contributed by atoms with Crippen LogP contribution in [0.5, 0.6) is 23.0 Å². The van der Waals surface area contributed by atoms with Crippen LogP contribution in [0.3, 0.4) is 0 Å². The highest BCUT2D eigenvalue weighted by atomic mass is 16.5. The maximum atomic E-state index is 6.08. The lowest BCUT2D eigenvalue weighted by Gasteiger charge is -2.26. The fourth-order valence-electron chi connectivity index (χ4n) is 3.82. The number of benzene rings is 4. The summed E-state index contributed by atoms with van der Waals surface area (Å²) in [5.41, 5.74) is 4.18. The molecule has 0 unspecified atom stereocenters. The van der Waals surface area contributed by atoms with Crippen molar-refractivity contribution >= 4 is 11.4 Å². The molecule has 0 spiro atoms. The van der Waals surface area contributed by atoms with Crippen LogP contribution >= 0.6 is 0 Å². The molecule has 4 aromatic carbocycles. The number of nitrogens with one attached hydrogen (secondary N) is 2. The van der Waals surface area contributed by atoms with Crippen LogP contribution in [0.4, 0.5) is 11.4 Å². The third kappa shape index (κ3) is 4.96. The predicted molar refractivity (Wildman–Crippen MR) is 137 cm³/mol. The monoisotopic (exact) mass is 438 g/mol. The van der Waals surface area contributed by atoms with Crippen LogP contribution in [0.25, 0.3) is 0 Å². The van der Waals surface area contributed by atoms with E-state index in [4.69, 9.17) is 9.47 Å². The normalized spacial score (nSPS) is 11.0. The second kappa shape index (κ2) is 9.70. The van der Waals surface area contributed by atoms with Crippen molar-refractivity contribution in [3.63, 3.8) is 0 Å². The fourth-order valence-corrected chi connectivity index (χ4v) is 3.82. The van der Waals surface area contributed by atoms with Gasteiger partial charge in [0.05, 0.1) is 11.4 Å². The smallest absolute Gasteiger partial charge is 0.150 e. The summed E-state index contributed by atoms with van der Waals surface area (Å²) in [5, 5.41) is 6.32. The molecule has 0 aromatic heterocycles. The lowest BCUT2D eigenvalue weighted by molar-refractivity contribution is 0.483. The average Bonchev–Trinajstić information content (AvgIpc) is 2.85. The number of hydrogen-bond donors (Lipinski definition) is 2. The Morgan fingerprint density at radius 2 is 0.879 bits per heavy atom. The van der Waals surface area contributed by atoms with Gasteiger partial charge in [-0.3, -0.25) is 0 Å². The molecule has 0 saturated carbocycles. The summed E-state index contributed by atoms with van der Waals surface area (Å²) in [4.78, 5) is 0. The molecule has 4 rings (SSSR count). The quantitative estimate of drug-likeness (QED) is 0.296. The van der Waals surface area contributed by atoms with E-state index in [1.54, 1.807) is 0 Å². The number of rotatable bonds is 8. The van der Waals surface area contributed by atoms with Crippen LogP contribution in [0.15, 0.2) is 97.1 Å². The molecular formula is C29H30N2O2. The molecule has 4 nitrogen and oxygen atoms in total. The van der Waals surface area contributed by atoms with E-state index in [1.807, 2.05) is 86.9 Å². The zero-order valence-corrected chi connectivity index (χ0v) is 19.6. The maximum absolute atomic E-state index is 6.08. The van der Waals surface area contributed by atoms with Gasteiger partial charge in [-0.25, -0.2) is 0 Å².